The molecule has 134 valence electrons. The molecule has 0 fully saturated rings. The van der Waals surface area contributed by atoms with Crippen LogP contribution in [0.4, 0.5) is 0 Å². The standard InChI is InChI=1S/C20H16N4O2S/c1-13-18(20-24-23-19(26-20)15-6-4-3-5-7-15)22-17(12-21-13)14-8-10-16(11-9-14)27(2)25/h3-12H,1-2H3. The molecule has 0 bridgehead atoms. The highest BCUT2D eigenvalue weighted by atomic mass is 32.2. The Balaban J connectivity index is 1.71. The summed E-state index contributed by atoms with van der Waals surface area (Å²) >= 11 is 0. The number of nitrogens with zero attached hydrogens (tertiary/aromatic N) is 4. The minimum Gasteiger partial charge on any atom is -0.415 e. The van der Waals surface area contributed by atoms with Gasteiger partial charge in [0.1, 0.15) is 5.69 Å². The van der Waals surface area contributed by atoms with Crippen molar-refractivity contribution in [3.63, 3.8) is 0 Å². The molecule has 2 aromatic carbocycles. The zero-order valence-corrected chi connectivity index (χ0v) is 15.6. The largest absolute Gasteiger partial charge is 0.415 e. The number of rotatable bonds is 4. The second-order valence-corrected chi connectivity index (χ2v) is 7.33. The molecule has 1 atom stereocenters. The van der Waals surface area contributed by atoms with E-state index in [1.165, 1.54) is 0 Å². The Labute approximate surface area is 158 Å². The van der Waals surface area contributed by atoms with Crippen molar-refractivity contribution in [2.45, 2.75) is 11.8 Å². The summed E-state index contributed by atoms with van der Waals surface area (Å²) in [7, 11) is -1.02. The lowest BCUT2D eigenvalue weighted by Gasteiger charge is -2.05. The van der Waals surface area contributed by atoms with Crippen LogP contribution in [-0.4, -0.2) is 30.6 Å². The van der Waals surface area contributed by atoms with E-state index in [1.807, 2.05) is 61.5 Å². The molecule has 27 heavy (non-hydrogen) atoms. The highest BCUT2D eigenvalue weighted by molar-refractivity contribution is 7.84. The zero-order chi connectivity index (χ0) is 18.8. The molecular formula is C20H16N4O2S. The summed E-state index contributed by atoms with van der Waals surface area (Å²) in [4.78, 5) is 9.85. The van der Waals surface area contributed by atoms with Crippen LogP contribution in [0.2, 0.25) is 0 Å². The lowest BCUT2D eigenvalue weighted by molar-refractivity contribution is 0.581. The van der Waals surface area contributed by atoms with Gasteiger partial charge in [-0.3, -0.25) is 9.19 Å². The molecule has 4 rings (SSSR count). The van der Waals surface area contributed by atoms with E-state index in [9.17, 15) is 4.21 Å². The Morgan fingerprint density at radius 2 is 1.59 bits per heavy atom. The summed E-state index contributed by atoms with van der Waals surface area (Å²) in [5.41, 5.74) is 3.66. The van der Waals surface area contributed by atoms with Gasteiger partial charge in [-0.15, -0.1) is 10.2 Å². The predicted octanol–water partition coefficient (Wildman–Crippen LogP) is 3.91. The summed E-state index contributed by atoms with van der Waals surface area (Å²) in [5, 5.41) is 8.26. The molecule has 0 N–H and O–H groups in total. The second kappa shape index (κ2) is 7.20. The highest BCUT2D eigenvalue weighted by Crippen LogP contribution is 2.26. The molecule has 0 aliphatic rings. The quantitative estimate of drug-likeness (QED) is 0.537. The van der Waals surface area contributed by atoms with Gasteiger partial charge in [-0.05, 0) is 31.2 Å². The molecule has 0 saturated heterocycles. The van der Waals surface area contributed by atoms with Gasteiger partial charge in [-0.25, -0.2) is 4.98 Å². The maximum absolute atomic E-state index is 11.6. The van der Waals surface area contributed by atoms with Crippen molar-refractivity contribution in [3.8, 4) is 34.3 Å². The van der Waals surface area contributed by atoms with Crippen LogP contribution in [0.25, 0.3) is 34.3 Å². The van der Waals surface area contributed by atoms with Gasteiger partial charge in [-0.1, -0.05) is 30.3 Å². The van der Waals surface area contributed by atoms with Gasteiger partial charge < -0.3 is 4.42 Å². The summed E-state index contributed by atoms with van der Waals surface area (Å²) < 4.78 is 17.4. The van der Waals surface area contributed by atoms with Crippen molar-refractivity contribution >= 4 is 10.8 Å². The van der Waals surface area contributed by atoms with E-state index in [2.05, 4.69) is 20.2 Å². The van der Waals surface area contributed by atoms with E-state index >= 15 is 0 Å². The molecule has 0 radical (unpaired) electrons. The summed E-state index contributed by atoms with van der Waals surface area (Å²) in [6.45, 7) is 1.85. The summed E-state index contributed by atoms with van der Waals surface area (Å²) in [5.74, 6) is 0.763. The van der Waals surface area contributed by atoms with Crippen LogP contribution < -0.4 is 0 Å². The third kappa shape index (κ3) is 3.54. The van der Waals surface area contributed by atoms with Crippen molar-refractivity contribution in [1.82, 2.24) is 20.2 Å². The van der Waals surface area contributed by atoms with Crippen molar-refractivity contribution in [1.29, 1.82) is 0 Å². The minimum atomic E-state index is -1.02. The average Bonchev–Trinajstić information content (AvgIpc) is 3.19. The van der Waals surface area contributed by atoms with E-state index < -0.39 is 10.8 Å². The first-order valence-corrected chi connectivity index (χ1v) is 9.84. The molecule has 1 unspecified atom stereocenters. The number of hydrogen-bond acceptors (Lipinski definition) is 6. The van der Waals surface area contributed by atoms with Crippen LogP contribution in [0.15, 0.2) is 70.1 Å². The topological polar surface area (TPSA) is 81.8 Å². The molecule has 0 spiro atoms. The molecular weight excluding hydrogens is 360 g/mol. The van der Waals surface area contributed by atoms with Crippen molar-refractivity contribution in [2.24, 2.45) is 0 Å². The average molecular weight is 376 g/mol. The summed E-state index contributed by atoms with van der Waals surface area (Å²) in [6, 6.07) is 17.0. The lowest BCUT2D eigenvalue weighted by atomic mass is 10.1. The molecule has 4 aromatic rings. The fourth-order valence-corrected chi connectivity index (χ4v) is 3.14. The van der Waals surface area contributed by atoms with E-state index in [0.29, 0.717) is 28.9 Å². The van der Waals surface area contributed by atoms with Crippen LogP contribution in [0.1, 0.15) is 5.69 Å². The number of hydrogen-bond donors (Lipinski definition) is 0. The van der Waals surface area contributed by atoms with Crippen molar-refractivity contribution < 1.29 is 8.63 Å². The first-order chi connectivity index (χ1) is 13.1. The van der Waals surface area contributed by atoms with Gasteiger partial charge in [-0.2, -0.15) is 0 Å². The molecule has 6 nitrogen and oxygen atoms in total. The van der Waals surface area contributed by atoms with Crippen LogP contribution in [-0.2, 0) is 10.8 Å². The maximum atomic E-state index is 11.6. The van der Waals surface area contributed by atoms with E-state index in [0.717, 1.165) is 16.0 Å². The Morgan fingerprint density at radius 1 is 0.889 bits per heavy atom. The van der Waals surface area contributed by atoms with Gasteiger partial charge in [0.2, 0.25) is 5.89 Å². The van der Waals surface area contributed by atoms with Crippen LogP contribution in [0.3, 0.4) is 0 Å². The van der Waals surface area contributed by atoms with Crippen LogP contribution >= 0.6 is 0 Å². The van der Waals surface area contributed by atoms with E-state index in [4.69, 9.17) is 4.42 Å². The molecule has 0 saturated carbocycles. The third-order valence-electron chi connectivity index (χ3n) is 4.09. The second-order valence-electron chi connectivity index (χ2n) is 5.95. The maximum Gasteiger partial charge on any atom is 0.268 e. The van der Waals surface area contributed by atoms with Crippen LogP contribution in [0, 0.1) is 6.92 Å². The van der Waals surface area contributed by atoms with Gasteiger partial charge in [0.25, 0.3) is 5.89 Å². The van der Waals surface area contributed by atoms with Gasteiger partial charge >= 0.3 is 0 Å². The van der Waals surface area contributed by atoms with E-state index in [-0.39, 0.29) is 0 Å². The summed E-state index contributed by atoms with van der Waals surface area (Å²) in [6.07, 6.45) is 3.35. The third-order valence-corrected chi connectivity index (χ3v) is 5.02. The fourth-order valence-electron chi connectivity index (χ4n) is 2.62. The first kappa shape index (κ1) is 17.2. The van der Waals surface area contributed by atoms with Crippen LogP contribution in [0.5, 0.6) is 0 Å². The smallest absolute Gasteiger partial charge is 0.268 e. The normalized spacial score (nSPS) is 12.1. The van der Waals surface area contributed by atoms with E-state index in [1.54, 1.807) is 12.5 Å². The molecule has 0 aliphatic heterocycles. The molecule has 2 heterocycles. The van der Waals surface area contributed by atoms with Crippen molar-refractivity contribution in [3.05, 3.63) is 66.5 Å². The number of aryl methyl sites for hydroxylation is 1. The molecule has 7 heteroatoms. The molecule has 0 amide bonds. The van der Waals surface area contributed by atoms with Gasteiger partial charge in [0.05, 0.1) is 17.6 Å². The van der Waals surface area contributed by atoms with Gasteiger partial charge in [0, 0.05) is 33.1 Å². The molecule has 0 aliphatic carbocycles. The van der Waals surface area contributed by atoms with Crippen molar-refractivity contribution in [2.75, 3.05) is 6.26 Å². The van der Waals surface area contributed by atoms with Gasteiger partial charge in [0.15, 0.2) is 0 Å². The monoisotopic (exact) mass is 376 g/mol. The Kier molecular flexibility index (Phi) is 4.60. The first-order valence-electron chi connectivity index (χ1n) is 8.28. The number of benzene rings is 2. The Morgan fingerprint density at radius 3 is 2.30 bits per heavy atom. The lowest BCUT2D eigenvalue weighted by Crippen LogP contribution is -1.96. The number of aromatic nitrogens is 4. The highest BCUT2D eigenvalue weighted by Gasteiger charge is 2.16. The Bertz CT molecular complexity index is 1110. The SMILES string of the molecule is Cc1ncc(-c2ccc(S(C)=O)cc2)nc1-c1nnc(-c2ccccc2)o1. The minimum absolute atomic E-state index is 0.326. The Hall–Kier alpha value is -3.19. The predicted molar refractivity (Wildman–Crippen MR) is 103 cm³/mol. The molecule has 2 aromatic heterocycles. The fraction of sp³-hybridized carbons (Fsp3) is 0.100. The zero-order valence-electron chi connectivity index (χ0n) is 14.8.